The standard InChI is InChI=1S/C9H6BrClN2OS/c10-4-7(14)12-9-13-8-5(11)2-1-3-6(8)15-9/h1-3H,4H2,(H,12,13,14). The van der Waals surface area contributed by atoms with Crippen molar-refractivity contribution >= 4 is 60.1 Å². The van der Waals surface area contributed by atoms with Crippen molar-refractivity contribution < 1.29 is 4.79 Å². The van der Waals surface area contributed by atoms with Crippen molar-refractivity contribution in [2.45, 2.75) is 0 Å². The molecule has 1 heterocycles. The minimum atomic E-state index is -0.120. The van der Waals surface area contributed by atoms with E-state index >= 15 is 0 Å². The third-order valence-electron chi connectivity index (χ3n) is 1.74. The van der Waals surface area contributed by atoms with Crippen LogP contribution in [0.4, 0.5) is 5.13 Å². The summed E-state index contributed by atoms with van der Waals surface area (Å²) in [5, 5.41) is 4.10. The number of carbonyl (C=O) groups is 1. The van der Waals surface area contributed by atoms with Crippen LogP contribution in [0.1, 0.15) is 0 Å². The number of benzene rings is 1. The summed E-state index contributed by atoms with van der Waals surface area (Å²) in [6, 6.07) is 5.56. The molecule has 0 aliphatic rings. The summed E-state index contributed by atoms with van der Waals surface area (Å²) in [6.07, 6.45) is 0. The van der Waals surface area contributed by atoms with Crippen LogP contribution in [-0.2, 0) is 4.79 Å². The van der Waals surface area contributed by atoms with Gasteiger partial charge in [-0.2, -0.15) is 0 Å². The topological polar surface area (TPSA) is 42.0 Å². The highest BCUT2D eigenvalue weighted by atomic mass is 79.9. The van der Waals surface area contributed by atoms with E-state index in [-0.39, 0.29) is 11.2 Å². The van der Waals surface area contributed by atoms with Gasteiger partial charge in [0.25, 0.3) is 0 Å². The molecular formula is C9H6BrClN2OS. The molecule has 2 aromatic rings. The van der Waals surface area contributed by atoms with Gasteiger partial charge in [-0.05, 0) is 12.1 Å². The first-order valence-electron chi connectivity index (χ1n) is 4.11. The number of halogens is 2. The minimum Gasteiger partial charge on any atom is -0.301 e. The van der Waals surface area contributed by atoms with Crippen molar-refractivity contribution in [1.29, 1.82) is 0 Å². The van der Waals surface area contributed by atoms with Crippen LogP contribution in [-0.4, -0.2) is 16.2 Å². The van der Waals surface area contributed by atoms with E-state index in [0.717, 1.165) is 10.2 Å². The van der Waals surface area contributed by atoms with E-state index in [2.05, 4.69) is 26.2 Å². The number of carbonyl (C=O) groups excluding carboxylic acids is 1. The molecule has 1 aromatic heterocycles. The molecule has 3 nitrogen and oxygen atoms in total. The van der Waals surface area contributed by atoms with Crippen molar-refractivity contribution in [2.24, 2.45) is 0 Å². The quantitative estimate of drug-likeness (QED) is 0.865. The summed E-state index contributed by atoms with van der Waals surface area (Å²) in [5.41, 5.74) is 0.731. The smallest absolute Gasteiger partial charge is 0.236 e. The first-order chi connectivity index (χ1) is 7.20. The minimum absolute atomic E-state index is 0.120. The summed E-state index contributed by atoms with van der Waals surface area (Å²) in [4.78, 5) is 15.4. The summed E-state index contributed by atoms with van der Waals surface area (Å²) in [5.74, 6) is -0.120. The fourth-order valence-electron chi connectivity index (χ4n) is 1.12. The molecule has 0 atom stereocenters. The van der Waals surface area contributed by atoms with E-state index in [1.807, 2.05) is 12.1 Å². The summed E-state index contributed by atoms with van der Waals surface area (Å²) >= 11 is 10.4. The van der Waals surface area contributed by atoms with E-state index in [0.29, 0.717) is 10.2 Å². The highest BCUT2D eigenvalue weighted by Gasteiger charge is 2.08. The Kier molecular flexibility index (Phi) is 3.23. The Morgan fingerprint density at radius 1 is 1.60 bits per heavy atom. The van der Waals surface area contributed by atoms with Gasteiger partial charge in [-0.1, -0.05) is 44.9 Å². The van der Waals surface area contributed by atoms with Crippen molar-refractivity contribution in [1.82, 2.24) is 4.98 Å². The number of para-hydroxylation sites is 1. The monoisotopic (exact) mass is 304 g/mol. The number of nitrogens with zero attached hydrogens (tertiary/aromatic N) is 1. The van der Waals surface area contributed by atoms with Gasteiger partial charge in [-0.15, -0.1) is 0 Å². The third-order valence-corrected chi connectivity index (χ3v) is 3.49. The maximum atomic E-state index is 11.1. The van der Waals surface area contributed by atoms with Crippen LogP contribution < -0.4 is 5.32 Å². The van der Waals surface area contributed by atoms with Crippen molar-refractivity contribution in [3.8, 4) is 0 Å². The lowest BCUT2D eigenvalue weighted by Crippen LogP contribution is -2.11. The number of thiazole rings is 1. The Morgan fingerprint density at radius 3 is 3.07 bits per heavy atom. The van der Waals surface area contributed by atoms with E-state index in [1.165, 1.54) is 11.3 Å². The zero-order valence-electron chi connectivity index (χ0n) is 7.46. The lowest BCUT2D eigenvalue weighted by Gasteiger charge is -1.94. The van der Waals surface area contributed by atoms with Gasteiger partial charge in [-0.3, -0.25) is 4.79 Å². The molecule has 0 spiro atoms. The van der Waals surface area contributed by atoms with Crippen molar-refractivity contribution in [3.05, 3.63) is 23.2 Å². The molecule has 0 saturated carbocycles. The molecule has 2 rings (SSSR count). The predicted octanol–water partition coefficient (Wildman–Crippen LogP) is 3.28. The maximum Gasteiger partial charge on any atom is 0.236 e. The SMILES string of the molecule is O=C(CBr)Nc1nc2c(Cl)cccc2s1. The molecule has 0 fully saturated rings. The fraction of sp³-hybridized carbons (Fsp3) is 0.111. The number of hydrogen-bond donors (Lipinski definition) is 1. The number of rotatable bonds is 2. The lowest BCUT2D eigenvalue weighted by molar-refractivity contribution is -0.113. The molecule has 0 unspecified atom stereocenters. The van der Waals surface area contributed by atoms with Gasteiger partial charge < -0.3 is 5.32 Å². The van der Waals surface area contributed by atoms with Crippen LogP contribution in [0.25, 0.3) is 10.2 Å². The van der Waals surface area contributed by atoms with Crippen LogP contribution in [0.3, 0.4) is 0 Å². The van der Waals surface area contributed by atoms with Gasteiger partial charge in [-0.25, -0.2) is 4.98 Å². The van der Waals surface area contributed by atoms with E-state index in [4.69, 9.17) is 11.6 Å². The Balaban J connectivity index is 2.39. The Bertz CT molecular complexity index is 514. The molecule has 0 saturated heterocycles. The highest BCUT2D eigenvalue weighted by molar-refractivity contribution is 9.09. The fourth-order valence-corrected chi connectivity index (χ4v) is 2.44. The second-order valence-corrected chi connectivity index (χ2v) is 4.79. The Labute approximate surface area is 104 Å². The highest BCUT2D eigenvalue weighted by Crippen LogP contribution is 2.30. The molecule has 1 N–H and O–H groups in total. The second-order valence-electron chi connectivity index (χ2n) is 2.79. The number of aromatic nitrogens is 1. The lowest BCUT2D eigenvalue weighted by atomic mass is 10.3. The number of anilines is 1. The third kappa shape index (κ3) is 2.30. The molecule has 6 heteroatoms. The average Bonchev–Trinajstić information content (AvgIpc) is 2.62. The van der Waals surface area contributed by atoms with Crippen LogP contribution in [0.2, 0.25) is 5.02 Å². The van der Waals surface area contributed by atoms with E-state index in [9.17, 15) is 4.79 Å². The molecule has 0 radical (unpaired) electrons. The molecule has 1 aromatic carbocycles. The van der Waals surface area contributed by atoms with Crippen molar-refractivity contribution in [2.75, 3.05) is 10.6 Å². The number of hydrogen-bond acceptors (Lipinski definition) is 3. The molecule has 0 bridgehead atoms. The summed E-state index contributed by atoms with van der Waals surface area (Å²) < 4.78 is 0.965. The zero-order valence-corrected chi connectivity index (χ0v) is 10.6. The van der Waals surface area contributed by atoms with Crippen molar-refractivity contribution in [3.63, 3.8) is 0 Å². The van der Waals surface area contributed by atoms with E-state index < -0.39 is 0 Å². The molecule has 0 aliphatic carbocycles. The van der Waals surface area contributed by atoms with Gasteiger partial charge in [0.2, 0.25) is 5.91 Å². The van der Waals surface area contributed by atoms with Gasteiger partial charge in [0.1, 0.15) is 5.52 Å². The molecule has 15 heavy (non-hydrogen) atoms. The first kappa shape index (κ1) is 10.9. The Morgan fingerprint density at radius 2 is 2.40 bits per heavy atom. The van der Waals surface area contributed by atoms with Gasteiger partial charge in [0.05, 0.1) is 15.1 Å². The van der Waals surface area contributed by atoms with Gasteiger partial charge >= 0.3 is 0 Å². The van der Waals surface area contributed by atoms with E-state index in [1.54, 1.807) is 6.07 Å². The largest absolute Gasteiger partial charge is 0.301 e. The summed E-state index contributed by atoms with van der Waals surface area (Å²) in [7, 11) is 0. The van der Waals surface area contributed by atoms with Gasteiger partial charge in [0, 0.05) is 0 Å². The Hall–Kier alpha value is -0.650. The number of fused-ring (bicyclic) bond motifs is 1. The first-order valence-corrected chi connectivity index (χ1v) is 6.43. The second kappa shape index (κ2) is 4.47. The normalized spacial score (nSPS) is 10.5. The maximum absolute atomic E-state index is 11.1. The molecular weight excluding hydrogens is 300 g/mol. The van der Waals surface area contributed by atoms with Crippen LogP contribution in [0.5, 0.6) is 0 Å². The molecule has 78 valence electrons. The average molecular weight is 306 g/mol. The summed E-state index contributed by atoms with van der Waals surface area (Å²) in [6.45, 7) is 0. The van der Waals surface area contributed by atoms with Crippen LogP contribution >= 0.6 is 38.9 Å². The van der Waals surface area contributed by atoms with Crippen LogP contribution in [0.15, 0.2) is 18.2 Å². The number of amides is 1. The predicted molar refractivity (Wildman–Crippen MR) is 67.1 cm³/mol. The zero-order chi connectivity index (χ0) is 10.8. The molecule has 0 aliphatic heterocycles. The molecule has 1 amide bonds. The number of nitrogens with one attached hydrogen (secondary N) is 1. The number of alkyl halides is 1. The van der Waals surface area contributed by atoms with Gasteiger partial charge in [0.15, 0.2) is 5.13 Å². The van der Waals surface area contributed by atoms with Crippen LogP contribution in [0, 0.1) is 0 Å².